The topological polar surface area (TPSA) is 26.0 Å². The van der Waals surface area contributed by atoms with Crippen LogP contribution >= 0.6 is 0 Å². The van der Waals surface area contributed by atoms with Crippen LogP contribution in [0, 0.1) is 0 Å². The van der Waals surface area contributed by atoms with Crippen molar-refractivity contribution >= 4 is 0 Å². The van der Waals surface area contributed by atoms with Crippen LogP contribution in [0.3, 0.4) is 0 Å². The van der Waals surface area contributed by atoms with E-state index in [9.17, 15) is 0 Å². The lowest BCUT2D eigenvalue weighted by Gasteiger charge is -1.87. The summed E-state index contributed by atoms with van der Waals surface area (Å²) in [4.78, 5) is 0. The van der Waals surface area contributed by atoms with Crippen molar-refractivity contribution in [2.75, 3.05) is 6.54 Å². The summed E-state index contributed by atoms with van der Waals surface area (Å²) < 4.78 is 0. The van der Waals surface area contributed by atoms with Gasteiger partial charge in [0.2, 0.25) is 0 Å². The van der Waals surface area contributed by atoms with E-state index in [0.29, 0.717) is 6.54 Å². The van der Waals surface area contributed by atoms with Crippen molar-refractivity contribution in [1.82, 2.24) is 0 Å². The van der Waals surface area contributed by atoms with Gasteiger partial charge in [0.15, 0.2) is 0 Å². The molecule has 0 aromatic heterocycles. The van der Waals surface area contributed by atoms with Gasteiger partial charge in [-0.15, -0.1) is 0 Å². The molecular formula is C9H21N. The van der Waals surface area contributed by atoms with Crippen LogP contribution in [0.5, 0.6) is 0 Å². The van der Waals surface area contributed by atoms with E-state index >= 15 is 0 Å². The molecule has 0 aliphatic heterocycles. The second kappa shape index (κ2) is 11.3. The van der Waals surface area contributed by atoms with Crippen molar-refractivity contribution in [2.24, 2.45) is 5.73 Å². The fraction of sp³-hybridized carbons (Fsp3) is 0.556. The van der Waals surface area contributed by atoms with Crippen LogP contribution in [0.4, 0.5) is 0 Å². The molecule has 0 saturated carbocycles. The zero-order valence-corrected chi connectivity index (χ0v) is 7.52. The van der Waals surface area contributed by atoms with Gasteiger partial charge in [-0.05, 0) is 13.8 Å². The maximum Gasteiger partial charge on any atom is 0.0137 e. The summed E-state index contributed by atoms with van der Waals surface area (Å²) in [5, 5.41) is 0. The Balaban J connectivity index is -0.000000196. The molecule has 0 radical (unpaired) electrons. The van der Waals surface area contributed by atoms with E-state index < -0.39 is 0 Å². The second-order valence-corrected chi connectivity index (χ2v) is 1.74. The summed E-state index contributed by atoms with van der Waals surface area (Å²) in [5.41, 5.74) is 6.52. The largest absolute Gasteiger partial charge is 0.327 e. The second-order valence-electron chi connectivity index (χ2n) is 1.74. The highest BCUT2D eigenvalue weighted by molar-refractivity contribution is 5.10. The number of hydrogen-bond donors (Lipinski definition) is 1. The van der Waals surface area contributed by atoms with Crippen LogP contribution in [-0.4, -0.2) is 6.54 Å². The minimum atomic E-state index is 0. The Morgan fingerprint density at radius 1 is 1.50 bits per heavy atom. The summed E-state index contributed by atoms with van der Waals surface area (Å²) in [6.45, 7) is 8.66. The Kier molecular flexibility index (Phi) is 13.7. The standard InChI is InChI=1S/C7H13N.C2H6.H2/c1-3-4-5-7(2)6-8;1-2;/h3-5H,6,8H2,1-2H3;1-2H3;1H/b4-3-,7-5+;;. The molecule has 0 bridgehead atoms. The normalized spacial score (nSPS) is 11.1. The lowest BCUT2D eigenvalue weighted by atomic mass is 10.3. The van der Waals surface area contributed by atoms with Gasteiger partial charge in [-0.3, -0.25) is 0 Å². The smallest absolute Gasteiger partial charge is 0.0137 e. The van der Waals surface area contributed by atoms with E-state index in [-0.39, 0.29) is 1.43 Å². The molecule has 0 rings (SSSR count). The van der Waals surface area contributed by atoms with E-state index in [1.54, 1.807) is 0 Å². The first-order valence-electron chi connectivity index (χ1n) is 3.79. The molecule has 1 nitrogen and oxygen atoms in total. The van der Waals surface area contributed by atoms with E-state index in [1.165, 1.54) is 5.57 Å². The third-order valence-corrected chi connectivity index (χ3v) is 0.895. The van der Waals surface area contributed by atoms with Gasteiger partial charge in [0, 0.05) is 7.97 Å². The summed E-state index contributed by atoms with van der Waals surface area (Å²) >= 11 is 0. The highest BCUT2D eigenvalue weighted by atomic mass is 14.5. The Bertz CT molecular complexity index is 106. The highest BCUT2D eigenvalue weighted by Crippen LogP contribution is 1.87. The molecule has 0 aliphatic rings. The van der Waals surface area contributed by atoms with E-state index in [0.717, 1.165) is 0 Å². The molecule has 0 fully saturated rings. The molecule has 0 atom stereocenters. The van der Waals surface area contributed by atoms with Crippen LogP contribution in [0.1, 0.15) is 29.1 Å². The molecule has 0 aliphatic carbocycles. The van der Waals surface area contributed by atoms with Gasteiger partial charge in [-0.2, -0.15) is 0 Å². The van der Waals surface area contributed by atoms with Gasteiger partial charge in [-0.25, -0.2) is 0 Å². The van der Waals surface area contributed by atoms with Crippen molar-refractivity contribution in [2.45, 2.75) is 27.7 Å². The van der Waals surface area contributed by atoms with Crippen LogP contribution in [-0.2, 0) is 0 Å². The minimum absolute atomic E-state index is 0. The van der Waals surface area contributed by atoms with Gasteiger partial charge >= 0.3 is 0 Å². The zero-order chi connectivity index (χ0) is 8.41. The maximum atomic E-state index is 5.31. The summed E-state index contributed by atoms with van der Waals surface area (Å²) in [6, 6.07) is 0. The van der Waals surface area contributed by atoms with Gasteiger partial charge in [0.05, 0.1) is 0 Å². The van der Waals surface area contributed by atoms with Gasteiger partial charge < -0.3 is 5.73 Å². The predicted octanol–water partition coefficient (Wildman–Crippen LogP) is 2.74. The molecule has 2 N–H and O–H groups in total. The van der Waals surface area contributed by atoms with Gasteiger partial charge in [-0.1, -0.05) is 37.6 Å². The molecule has 0 aromatic rings. The molecule has 0 amide bonds. The number of nitrogens with two attached hydrogens (primary N) is 1. The Morgan fingerprint density at radius 3 is 2.30 bits per heavy atom. The molecule has 0 aromatic carbocycles. The van der Waals surface area contributed by atoms with Crippen molar-refractivity contribution < 1.29 is 1.43 Å². The van der Waals surface area contributed by atoms with Gasteiger partial charge in [0.1, 0.15) is 0 Å². The van der Waals surface area contributed by atoms with Crippen molar-refractivity contribution in [3.63, 3.8) is 0 Å². The van der Waals surface area contributed by atoms with Crippen molar-refractivity contribution in [3.8, 4) is 0 Å². The Morgan fingerprint density at radius 2 is 2.00 bits per heavy atom. The fourth-order valence-corrected chi connectivity index (χ4v) is 0.329. The van der Waals surface area contributed by atoms with E-state index in [2.05, 4.69) is 0 Å². The van der Waals surface area contributed by atoms with E-state index in [4.69, 9.17) is 5.73 Å². The molecule has 0 heterocycles. The molecular weight excluding hydrogens is 122 g/mol. The van der Waals surface area contributed by atoms with E-state index in [1.807, 2.05) is 45.9 Å². The van der Waals surface area contributed by atoms with Crippen LogP contribution in [0.15, 0.2) is 23.8 Å². The predicted molar refractivity (Wildman–Crippen MR) is 51.1 cm³/mol. The first kappa shape index (κ1) is 12.1. The monoisotopic (exact) mass is 143 g/mol. The minimum Gasteiger partial charge on any atom is -0.327 e. The number of rotatable bonds is 2. The first-order chi connectivity index (χ1) is 4.81. The lowest BCUT2D eigenvalue weighted by Crippen LogP contribution is -1.98. The summed E-state index contributed by atoms with van der Waals surface area (Å²) in [7, 11) is 0. The zero-order valence-electron chi connectivity index (χ0n) is 7.52. The quantitative estimate of drug-likeness (QED) is 0.591. The SMILES string of the molecule is C/C=C\C=C(/C)CN.CC.[HH]. The summed E-state index contributed by atoms with van der Waals surface area (Å²) in [5.74, 6) is 0. The molecule has 62 valence electrons. The van der Waals surface area contributed by atoms with Crippen molar-refractivity contribution in [3.05, 3.63) is 23.8 Å². The number of allylic oxidation sites excluding steroid dienone is 3. The maximum absolute atomic E-state index is 5.31. The Hall–Kier alpha value is -0.560. The molecule has 0 saturated heterocycles. The average Bonchev–Trinajstić information content (AvgIpc) is 2.04. The third kappa shape index (κ3) is 10.4. The molecule has 0 spiro atoms. The van der Waals surface area contributed by atoms with Gasteiger partial charge in [0.25, 0.3) is 0 Å². The van der Waals surface area contributed by atoms with Crippen LogP contribution < -0.4 is 5.73 Å². The lowest BCUT2D eigenvalue weighted by molar-refractivity contribution is 1.14. The molecule has 10 heavy (non-hydrogen) atoms. The fourth-order valence-electron chi connectivity index (χ4n) is 0.329. The Labute approximate surface area is 66.1 Å². The van der Waals surface area contributed by atoms with Crippen LogP contribution in [0.25, 0.3) is 0 Å². The highest BCUT2D eigenvalue weighted by Gasteiger charge is 1.75. The third-order valence-electron chi connectivity index (χ3n) is 0.895. The number of hydrogen-bond acceptors (Lipinski definition) is 1. The van der Waals surface area contributed by atoms with Crippen molar-refractivity contribution in [1.29, 1.82) is 0 Å². The molecule has 1 heteroatoms. The first-order valence-corrected chi connectivity index (χ1v) is 3.79. The molecule has 0 unspecified atom stereocenters. The van der Waals surface area contributed by atoms with Crippen LogP contribution in [0.2, 0.25) is 0 Å². The summed E-state index contributed by atoms with van der Waals surface area (Å²) in [6.07, 6.45) is 5.99. The average molecular weight is 143 g/mol.